The molecule has 0 unspecified atom stereocenters. The van der Waals surface area contributed by atoms with Gasteiger partial charge in [0.25, 0.3) is 0 Å². The predicted molar refractivity (Wildman–Crippen MR) is 74.0 cm³/mol. The first-order valence-electron chi connectivity index (χ1n) is 7.09. The lowest BCUT2D eigenvalue weighted by Crippen LogP contribution is -2.33. The van der Waals surface area contributed by atoms with Crippen LogP contribution in [0.1, 0.15) is 50.5 Å². The first kappa shape index (κ1) is 12.6. The molecule has 0 saturated heterocycles. The summed E-state index contributed by atoms with van der Waals surface area (Å²) in [5, 5.41) is 0. The molecule has 0 aliphatic heterocycles. The summed E-state index contributed by atoms with van der Waals surface area (Å²) in [5.41, 5.74) is 7.94. The van der Waals surface area contributed by atoms with Crippen molar-refractivity contribution in [1.29, 1.82) is 0 Å². The Hall–Kier alpha value is -0.820. The van der Waals surface area contributed by atoms with Crippen molar-refractivity contribution in [2.24, 2.45) is 11.1 Å². The van der Waals surface area contributed by atoms with Crippen molar-refractivity contribution in [2.45, 2.75) is 51.4 Å². The molecule has 1 heteroatoms. The molecule has 1 fully saturated rings. The van der Waals surface area contributed by atoms with Crippen LogP contribution in [-0.4, -0.2) is 6.54 Å². The monoisotopic (exact) mass is 231 g/mol. The molecule has 1 nitrogen and oxygen atoms in total. The van der Waals surface area contributed by atoms with E-state index < -0.39 is 0 Å². The van der Waals surface area contributed by atoms with E-state index in [1.54, 1.807) is 0 Å². The molecule has 1 aromatic carbocycles. The van der Waals surface area contributed by atoms with Gasteiger partial charge in [-0.25, -0.2) is 0 Å². The number of rotatable bonds is 3. The molecule has 0 amide bonds. The van der Waals surface area contributed by atoms with Crippen molar-refractivity contribution in [3.05, 3.63) is 35.9 Å². The van der Waals surface area contributed by atoms with E-state index >= 15 is 0 Å². The summed E-state index contributed by atoms with van der Waals surface area (Å²) in [5.74, 6) is 0. The zero-order valence-corrected chi connectivity index (χ0v) is 10.8. The zero-order chi connectivity index (χ0) is 12.0. The fourth-order valence-electron chi connectivity index (χ4n) is 3.14. The van der Waals surface area contributed by atoms with Crippen molar-refractivity contribution < 1.29 is 0 Å². The fourth-order valence-corrected chi connectivity index (χ4v) is 3.14. The second kappa shape index (κ2) is 6.20. The molecule has 1 saturated carbocycles. The average molecular weight is 231 g/mol. The van der Waals surface area contributed by atoms with Crippen LogP contribution in [0.5, 0.6) is 0 Å². The van der Waals surface area contributed by atoms with Crippen LogP contribution in [0, 0.1) is 5.41 Å². The third-order valence-corrected chi connectivity index (χ3v) is 4.27. The van der Waals surface area contributed by atoms with Crippen molar-refractivity contribution in [2.75, 3.05) is 6.54 Å². The van der Waals surface area contributed by atoms with Crippen LogP contribution in [0.3, 0.4) is 0 Å². The van der Waals surface area contributed by atoms with Gasteiger partial charge in [-0.05, 0) is 36.8 Å². The van der Waals surface area contributed by atoms with Crippen molar-refractivity contribution in [1.82, 2.24) is 0 Å². The molecule has 17 heavy (non-hydrogen) atoms. The molecule has 2 N–H and O–H groups in total. The van der Waals surface area contributed by atoms with Crippen molar-refractivity contribution in [3.8, 4) is 0 Å². The van der Waals surface area contributed by atoms with E-state index in [0.717, 1.165) is 6.54 Å². The Morgan fingerprint density at radius 3 is 2.06 bits per heavy atom. The molecule has 1 aliphatic rings. The van der Waals surface area contributed by atoms with Gasteiger partial charge in [0.05, 0.1) is 0 Å². The van der Waals surface area contributed by atoms with Gasteiger partial charge in [0, 0.05) is 0 Å². The Labute approximate surface area is 105 Å². The Kier molecular flexibility index (Phi) is 4.61. The number of benzene rings is 1. The van der Waals surface area contributed by atoms with E-state index in [9.17, 15) is 0 Å². The van der Waals surface area contributed by atoms with Crippen LogP contribution in [-0.2, 0) is 6.42 Å². The van der Waals surface area contributed by atoms with E-state index in [0.29, 0.717) is 5.41 Å². The van der Waals surface area contributed by atoms with Crippen LogP contribution in [0.4, 0.5) is 0 Å². The minimum Gasteiger partial charge on any atom is -0.330 e. The number of nitrogens with two attached hydrogens (primary N) is 1. The summed E-state index contributed by atoms with van der Waals surface area (Å²) in [6, 6.07) is 10.9. The molecule has 0 atom stereocenters. The highest BCUT2D eigenvalue weighted by atomic mass is 14.6. The van der Waals surface area contributed by atoms with Crippen LogP contribution >= 0.6 is 0 Å². The second-order valence-electron chi connectivity index (χ2n) is 5.63. The summed E-state index contributed by atoms with van der Waals surface area (Å²) < 4.78 is 0. The highest BCUT2D eigenvalue weighted by Gasteiger charge is 2.28. The van der Waals surface area contributed by atoms with Crippen LogP contribution in [0.2, 0.25) is 0 Å². The molecule has 0 spiro atoms. The normalized spacial score (nSPS) is 20.5. The first-order chi connectivity index (χ1) is 8.35. The van der Waals surface area contributed by atoms with Gasteiger partial charge in [0.1, 0.15) is 0 Å². The van der Waals surface area contributed by atoms with Gasteiger partial charge < -0.3 is 5.73 Å². The average Bonchev–Trinajstić information content (AvgIpc) is 2.34. The predicted octanol–water partition coefficient (Wildman–Crippen LogP) is 3.92. The molecule has 1 aliphatic carbocycles. The van der Waals surface area contributed by atoms with Gasteiger partial charge in [-0.1, -0.05) is 62.4 Å². The molecular weight excluding hydrogens is 206 g/mol. The van der Waals surface area contributed by atoms with E-state index in [1.165, 1.54) is 56.9 Å². The van der Waals surface area contributed by atoms with Crippen molar-refractivity contribution in [3.63, 3.8) is 0 Å². The lowest BCUT2D eigenvalue weighted by Gasteiger charge is -2.34. The fraction of sp³-hybridized carbons (Fsp3) is 0.625. The standard InChI is InChI=1S/C16H25N/c17-14-16(11-7-2-1-3-8-12-16)13-15-9-5-4-6-10-15/h4-6,9-10H,1-3,7-8,11-14,17H2. The van der Waals surface area contributed by atoms with Gasteiger partial charge in [0.2, 0.25) is 0 Å². The van der Waals surface area contributed by atoms with Gasteiger partial charge in [-0.2, -0.15) is 0 Å². The second-order valence-corrected chi connectivity index (χ2v) is 5.63. The van der Waals surface area contributed by atoms with Crippen LogP contribution < -0.4 is 5.73 Å². The van der Waals surface area contributed by atoms with E-state index in [1.807, 2.05) is 0 Å². The van der Waals surface area contributed by atoms with Gasteiger partial charge in [-0.15, -0.1) is 0 Å². The molecule has 0 bridgehead atoms. The molecule has 0 aromatic heterocycles. The minimum atomic E-state index is 0.377. The SMILES string of the molecule is NCC1(Cc2ccccc2)CCCCCCC1. The third-order valence-electron chi connectivity index (χ3n) is 4.27. The van der Waals surface area contributed by atoms with Gasteiger partial charge in [0.15, 0.2) is 0 Å². The summed E-state index contributed by atoms with van der Waals surface area (Å²) in [6.07, 6.45) is 10.8. The van der Waals surface area contributed by atoms with E-state index in [2.05, 4.69) is 30.3 Å². The number of hydrogen-bond acceptors (Lipinski definition) is 1. The van der Waals surface area contributed by atoms with Gasteiger partial charge in [-0.3, -0.25) is 0 Å². The lowest BCUT2D eigenvalue weighted by molar-refractivity contribution is 0.217. The maximum Gasteiger partial charge on any atom is -0.00173 e. The molecular formula is C16H25N. The highest BCUT2D eigenvalue weighted by molar-refractivity contribution is 5.16. The van der Waals surface area contributed by atoms with Crippen molar-refractivity contribution >= 4 is 0 Å². The Morgan fingerprint density at radius 2 is 1.47 bits per heavy atom. The van der Waals surface area contributed by atoms with Crippen LogP contribution in [0.25, 0.3) is 0 Å². The maximum absolute atomic E-state index is 6.11. The molecule has 94 valence electrons. The summed E-state index contributed by atoms with van der Waals surface area (Å²) in [6.45, 7) is 0.849. The topological polar surface area (TPSA) is 26.0 Å². The highest BCUT2D eigenvalue weighted by Crippen LogP contribution is 2.36. The smallest absolute Gasteiger partial charge is 0.00173 e. The number of hydrogen-bond donors (Lipinski definition) is 1. The Balaban J connectivity index is 2.06. The zero-order valence-electron chi connectivity index (χ0n) is 10.8. The Bertz CT molecular complexity index is 310. The Morgan fingerprint density at radius 1 is 0.882 bits per heavy atom. The first-order valence-corrected chi connectivity index (χ1v) is 7.09. The molecule has 0 heterocycles. The third kappa shape index (κ3) is 3.57. The summed E-state index contributed by atoms with van der Waals surface area (Å²) >= 11 is 0. The van der Waals surface area contributed by atoms with Crippen LogP contribution in [0.15, 0.2) is 30.3 Å². The molecule has 0 radical (unpaired) electrons. The summed E-state index contributed by atoms with van der Waals surface area (Å²) in [4.78, 5) is 0. The minimum absolute atomic E-state index is 0.377. The quantitative estimate of drug-likeness (QED) is 0.838. The van der Waals surface area contributed by atoms with E-state index in [4.69, 9.17) is 5.73 Å². The van der Waals surface area contributed by atoms with E-state index in [-0.39, 0.29) is 0 Å². The molecule has 2 rings (SSSR count). The van der Waals surface area contributed by atoms with Gasteiger partial charge >= 0.3 is 0 Å². The molecule has 1 aromatic rings. The largest absolute Gasteiger partial charge is 0.330 e. The maximum atomic E-state index is 6.11. The lowest BCUT2D eigenvalue weighted by atomic mass is 9.72. The summed E-state index contributed by atoms with van der Waals surface area (Å²) in [7, 11) is 0.